The van der Waals surface area contributed by atoms with Crippen LogP contribution in [0, 0.1) is 12.7 Å². The minimum atomic E-state index is -0.591. The molecule has 4 heterocycles. The summed E-state index contributed by atoms with van der Waals surface area (Å²) in [6.45, 7) is 6.63. The fourth-order valence-corrected chi connectivity index (χ4v) is 4.51. The van der Waals surface area contributed by atoms with E-state index in [1.807, 2.05) is 24.8 Å². The van der Waals surface area contributed by atoms with Crippen LogP contribution in [0.15, 0.2) is 41.5 Å². The predicted molar refractivity (Wildman–Crippen MR) is 133 cm³/mol. The Morgan fingerprint density at radius 3 is 2.71 bits per heavy atom. The number of hydrogen-bond donors (Lipinski definition) is 3. The molecule has 0 spiro atoms. The number of nitrogens with zero attached hydrogens (tertiary/aromatic N) is 4. The molecule has 1 aliphatic heterocycles. The summed E-state index contributed by atoms with van der Waals surface area (Å²) in [7, 11) is 0. The molecule has 3 aromatic heterocycles. The van der Waals surface area contributed by atoms with E-state index in [9.17, 15) is 9.59 Å². The molecule has 9 nitrogen and oxygen atoms in total. The molecular formula is C25H26FN7O2. The van der Waals surface area contributed by atoms with Gasteiger partial charge in [0.2, 0.25) is 11.5 Å². The molecule has 0 atom stereocenters. The Hall–Kier alpha value is -4.21. The Morgan fingerprint density at radius 1 is 1.14 bits per heavy atom. The number of amides is 1. The number of nitrogen functional groups attached to an aromatic ring is 1. The topological polar surface area (TPSA) is 122 Å². The zero-order valence-corrected chi connectivity index (χ0v) is 19.7. The van der Waals surface area contributed by atoms with Crippen LogP contribution < -0.4 is 16.6 Å². The molecule has 4 aromatic rings. The molecule has 4 N–H and O–H groups in total. The lowest BCUT2D eigenvalue weighted by molar-refractivity contribution is -0.133. The standard InChI is InChI=1S/C25H26FN7O2/c1-13(2)32-5-4-16-8-21(31-33(16)12-23(32)35)30-20-7-15-6-18(17-9-22(34)29-10-14(17)3)24(26)25(27)19(15)11-28-20/h6-11,13H,4-5,12,27H2,1-3H3,(H,29,34)(H,28,30,31). The number of aryl methyl sites for hydroxylation is 1. The van der Waals surface area contributed by atoms with Crippen LogP contribution in [0.25, 0.3) is 21.9 Å². The summed E-state index contributed by atoms with van der Waals surface area (Å²) in [5.41, 5.74) is 8.15. The molecule has 1 amide bonds. The number of pyridine rings is 2. The Labute approximate surface area is 200 Å². The fourth-order valence-electron chi connectivity index (χ4n) is 4.51. The van der Waals surface area contributed by atoms with Gasteiger partial charge < -0.3 is 20.9 Å². The highest BCUT2D eigenvalue weighted by Gasteiger charge is 2.24. The molecule has 10 heteroatoms. The van der Waals surface area contributed by atoms with E-state index in [4.69, 9.17) is 5.73 Å². The van der Waals surface area contributed by atoms with Crippen LogP contribution in [0.5, 0.6) is 0 Å². The highest BCUT2D eigenvalue weighted by Crippen LogP contribution is 2.35. The molecular weight excluding hydrogens is 449 g/mol. The molecule has 0 radical (unpaired) electrons. The quantitative estimate of drug-likeness (QED) is 0.389. The normalized spacial score (nSPS) is 13.9. The third-order valence-electron chi connectivity index (χ3n) is 6.38. The molecule has 0 aliphatic carbocycles. The second-order valence-electron chi connectivity index (χ2n) is 9.07. The second-order valence-corrected chi connectivity index (χ2v) is 9.07. The Bertz CT molecular complexity index is 1520. The minimum Gasteiger partial charge on any atom is -0.396 e. The summed E-state index contributed by atoms with van der Waals surface area (Å²) in [6.07, 6.45) is 3.76. The van der Waals surface area contributed by atoms with Gasteiger partial charge in [0.05, 0.1) is 5.69 Å². The second kappa shape index (κ2) is 8.53. The van der Waals surface area contributed by atoms with Crippen molar-refractivity contribution in [3.63, 3.8) is 0 Å². The maximum atomic E-state index is 15.1. The van der Waals surface area contributed by atoms with Crippen molar-refractivity contribution in [3.8, 4) is 11.1 Å². The van der Waals surface area contributed by atoms with E-state index in [-0.39, 0.29) is 35.3 Å². The van der Waals surface area contributed by atoms with E-state index in [0.29, 0.717) is 40.9 Å². The largest absolute Gasteiger partial charge is 0.396 e. The van der Waals surface area contributed by atoms with Gasteiger partial charge >= 0.3 is 0 Å². The summed E-state index contributed by atoms with van der Waals surface area (Å²) >= 11 is 0. The van der Waals surface area contributed by atoms with Gasteiger partial charge in [-0.1, -0.05) is 0 Å². The number of carbonyl (C=O) groups excluding carboxylic acids is 1. The highest BCUT2D eigenvalue weighted by molar-refractivity contribution is 5.98. The number of rotatable bonds is 4. The molecule has 1 aromatic carbocycles. The number of nitrogens with one attached hydrogen (secondary N) is 2. The minimum absolute atomic E-state index is 0.0295. The van der Waals surface area contributed by atoms with E-state index < -0.39 is 5.82 Å². The summed E-state index contributed by atoms with van der Waals surface area (Å²) in [5, 5.41) is 8.86. The van der Waals surface area contributed by atoms with Gasteiger partial charge in [-0.2, -0.15) is 5.10 Å². The van der Waals surface area contributed by atoms with Crippen molar-refractivity contribution in [1.29, 1.82) is 0 Å². The molecule has 0 saturated heterocycles. The molecule has 0 bridgehead atoms. The van der Waals surface area contributed by atoms with Gasteiger partial charge in [0.15, 0.2) is 11.6 Å². The van der Waals surface area contributed by atoms with Crippen LogP contribution in [-0.2, 0) is 17.8 Å². The maximum Gasteiger partial charge on any atom is 0.248 e. The lowest BCUT2D eigenvalue weighted by Gasteiger charge is -2.24. The summed E-state index contributed by atoms with van der Waals surface area (Å²) in [5.74, 6) is 0.517. The number of nitrogens with two attached hydrogens (primary N) is 1. The van der Waals surface area contributed by atoms with Gasteiger partial charge in [0.1, 0.15) is 12.4 Å². The molecule has 180 valence electrons. The van der Waals surface area contributed by atoms with Crippen LogP contribution in [0.3, 0.4) is 0 Å². The van der Waals surface area contributed by atoms with Crippen molar-refractivity contribution in [2.45, 2.75) is 39.8 Å². The first kappa shape index (κ1) is 22.6. The monoisotopic (exact) mass is 475 g/mol. The number of anilines is 3. The van der Waals surface area contributed by atoms with Crippen molar-refractivity contribution in [2.24, 2.45) is 0 Å². The number of aromatic nitrogens is 4. The summed E-state index contributed by atoms with van der Waals surface area (Å²) in [4.78, 5) is 33.2. The van der Waals surface area contributed by atoms with Crippen molar-refractivity contribution in [3.05, 3.63) is 64.1 Å². The van der Waals surface area contributed by atoms with E-state index in [1.54, 1.807) is 29.9 Å². The van der Waals surface area contributed by atoms with Gasteiger partial charge in [-0.15, -0.1) is 0 Å². The van der Waals surface area contributed by atoms with E-state index in [2.05, 4.69) is 20.4 Å². The highest BCUT2D eigenvalue weighted by atomic mass is 19.1. The lowest BCUT2D eigenvalue weighted by Crippen LogP contribution is -2.38. The fraction of sp³-hybridized carbons (Fsp3) is 0.280. The van der Waals surface area contributed by atoms with Gasteiger partial charge in [-0.05, 0) is 49.4 Å². The number of benzene rings is 1. The molecule has 1 aliphatic rings. The van der Waals surface area contributed by atoms with Crippen molar-refractivity contribution < 1.29 is 9.18 Å². The first-order valence-electron chi connectivity index (χ1n) is 11.4. The van der Waals surface area contributed by atoms with E-state index in [0.717, 1.165) is 11.3 Å². The Morgan fingerprint density at radius 2 is 1.94 bits per heavy atom. The third-order valence-corrected chi connectivity index (χ3v) is 6.38. The number of carbonyl (C=O) groups is 1. The average molecular weight is 476 g/mol. The number of H-pyrrole nitrogens is 1. The summed E-state index contributed by atoms with van der Waals surface area (Å²) in [6, 6.07) is 6.84. The average Bonchev–Trinajstić information content (AvgIpc) is 3.10. The zero-order valence-electron chi connectivity index (χ0n) is 19.7. The molecule has 35 heavy (non-hydrogen) atoms. The van der Waals surface area contributed by atoms with E-state index in [1.165, 1.54) is 12.3 Å². The molecule has 0 saturated carbocycles. The Balaban J connectivity index is 1.48. The third kappa shape index (κ3) is 4.11. The van der Waals surface area contributed by atoms with Gasteiger partial charge in [-0.3, -0.25) is 14.3 Å². The van der Waals surface area contributed by atoms with Crippen molar-refractivity contribution in [1.82, 2.24) is 24.6 Å². The SMILES string of the molecule is Cc1c[nH]c(=O)cc1-c1cc2cc(Nc3cc4n(n3)CC(=O)N(C(C)C)CC4)ncc2c(N)c1F. The predicted octanol–water partition coefficient (Wildman–Crippen LogP) is 3.35. The first-order valence-corrected chi connectivity index (χ1v) is 11.4. The number of halogens is 1. The van der Waals surface area contributed by atoms with Crippen LogP contribution in [-0.4, -0.2) is 43.1 Å². The smallest absolute Gasteiger partial charge is 0.248 e. The zero-order chi connectivity index (χ0) is 24.9. The number of fused-ring (bicyclic) bond motifs is 2. The van der Waals surface area contributed by atoms with Crippen LogP contribution in [0.4, 0.5) is 21.7 Å². The van der Waals surface area contributed by atoms with Gasteiger partial charge in [0, 0.05) is 60.2 Å². The molecule has 0 unspecified atom stereocenters. The van der Waals surface area contributed by atoms with Gasteiger partial charge in [0.25, 0.3) is 0 Å². The molecule has 5 rings (SSSR count). The van der Waals surface area contributed by atoms with Crippen LogP contribution in [0.2, 0.25) is 0 Å². The number of hydrogen-bond acceptors (Lipinski definition) is 6. The first-order chi connectivity index (χ1) is 16.7. The maximum absolute atomic E-state index is 15.1. The lowest BCUT2D eigenvalue weighted by atomic mass is 9.98. The van der Waals surface area contributed by atoms with Crippen molar-refractivity contribution >= 4 is 34.0 Å². The molecule has 0 fully saturated rings. The summed E-state index contributed by atoms with van der Waals surface area (Å²) < 4.78 is 16.8. The van der Waals surface area contributed by atoms with Gasteiger partial charge in [-0.25, -0.2) is 9.37 Å². The number of aromatic amines is 1. The van der Waals surface area contributed by atoms with Crippen LogP contribution >= 0.6 is 0 Å². The van der Waals surface area contributed by atoms with E-state index >= 15 is 4.39 Å². The van der Waals surface area contributed by atoms with Crippen LogP contribution in [0.1, 0.15) is 25.1 Å². The Kier molecular flexibility index (Phi) is 5.50. The van der Waals surface area contributed by atoms with Crippen molar-refractivity contribution in [2.75, 3.05) is 17.6 Å².